The molecule has 114 valence electrons. The predicted molar refractivity (Wildman–Crippen MR) is 88.4 cm³/mol. The second-order valence-electron chi connectivity index (χ2n) is 4.91. The van der Waals surface area contributed by atoms with Crippen LogP contribution >= 0.6 is 11.8 Å². The van der Waals surface area contributed by atoms with Crippen molar-refractivity contribution in [2.45, 2.75) is 18.7 Å². The second-order valence-corrected chi connectivity index (χ2v) is 5.93. The fraction of sp³-hybridized carbons (Fsp3) is 0.188. The first kappa shape index (κ1) is 16.0. The van der Waals surface area contributed by atoms with E-state index in [1.165, 1.54) is 29.5 Å². The molecule has 2 aromatic carbocycles. The summed E-state index contributed by atoms with van der Waals surface area (Å²) in [5, 5.41) is 13.4. The summed E-state index contributed by atoms with van der Waals surface area (Å²) in [6, 6.07) is 12.0. The predicted octanol–water partition coefficient (Wildman–Crippen LogP) is 3.94. The van der Waals surface area contributed by atoms with Gasteiger partial charge in [0.05, 0.1) is 10.7 Å². The van der Waals surface area contributed by atoms with Crippen molar-refractivity contribution < 1.29 is 9.72 Å². The highest BCUT2D eigenvalue weighted by molar-refractivity contribution is 8.00. The van der Waals surface area contributed by atoms with E-state index in [2.05, 4.69) is 11.4 Å². The van der Waals surface area contributed by atoms with Crippen LogP contribution in [0.5, 0.6) is 0 Å². The highest BCUT2D eigenvalue weighted by Crippen LogP contribution is 2.23. The molecule has 0 fully saturated rings. The number of amides is 1. The maximum Gasteiger partial charge on any atom is 0.271 e. The van der Waals surface area contributed by atoms with Gasteiger partial charge in [-0.25, -0.2) is 0 Å². The van der Waals surface area contributed by atoms with Gasteiger partial charge in [0.25, 0.3) is 5.69 Å². The molecule has 0 spiro atoms. The van der Waals surface area contributed by atoms with E-state index in [1.807, 2.05) is 26.0 Å². The number of nitro groups is 1. The molecule has 0 heterocycles. The largest absolute Gasteiger partial charge is 0.325 e. The van der Waals surface area contributed by atoms with Crippen LogP contribution in [0.15, 0.2) is 47.4 Å². The smallest absolute Gasteiger partial charge is 0.271 e. The molecule has 2 aromatic rings. The van der Waals surface area contributed by atoms with Gasteiger partial charge in [0.1, 0.15) is 0 Å². The van der Waals surface area contributed by atoms with Gasteiger partial charge in [-0.15, -0.1) is 11.8 Å². The number of aryl methyl sites for hydroxylation is 2. The van der Waals surface area contributed by atoms with E-state index >= 15 is 0 Å². The van der Waals surface area contributed by atoms with E-state index in [9.17, 15) is 14.9 Å². The lowest BCUT2D eigenvalue weighted by Gasteiger charge is -2.07. The summed E-state index contributed by atoms with van der Waals surface area (Å²) in [5.74, 6) is 0.0672. The Balaban J connectivity index is 1.95. The van der Waals surface area contributed by atoms with Crippen molar-refractivity contribution in [1.82, 2.24) is 0 Å². The lowest BCUT2D eigenvalue weighted by Crippen LogP contribution is -2.14. The van der Waals surface area contributed by atoms with Crippen molar-refractivity contribution in [2.75, 3.05) is 11.1 Å². The lowest BCUT2D eigenvalue weighted by atomic mass is 10.2. The van der Waals surface area contributed by atoms with E-state index in [-0.39, 0.29) is 17.3 Å². The van der Waals surface area contributed by atoms with Crippen molar-refractivity contribution in [2.24, 2.45) is 0 Å². The van der Waals surface area contributed by atoms with E-state index < -0.39 is 4.92 Å². The van der Waals surface area contributed by atoms with Gasteiger partial charge in [-0.1, -0.05) is 23.8 Å². The van der Waals surface area contributed by atoms with Crippen molar-refractivity contribution in [3.63, 3.8) is 0 Å². The van der Waals surface area contributed by atoms with Gasteiger partial charge < -0.3 is 5.32 Å². The molecule has 0 saturated heterocycles. The quantitative estimate of drug-likeness (QED) is 0.515. The molecule has 0 aliphatic carbocycles. The minimum absolute atomic E-state index is 0.0418. The van der Waals surface area contributed by atoms with Crippen LogP contribution in [0.4, 0.5) is 11.4 Å². The number of rotatable bonds is 5. The Kier molecular flexibility index (Phi) is 5.16. The zero-order valence-electron chi connectivity index (χ0n) is 12.3. The molecule has 0 atom stereocenters. The van der Waals surface area contributed by atoms with Crippen LogP contribution in [0.1, 0.15) is 11.1 Å². The number of anilines is 1. The summed E-state index contributed by atoms with van der Waals surface area (Å²) in [6.07, 6.45) is 0. The maximum atomic E-state index is 11.9. The van der Waals surface area contributed by atoms with Gasteiger partial charge >= 0.3 is 0 Å². The average Bonchev–Trinajstić information content (AvgIpc) is 2.46. The zero-order chi connectivity index (χ0) is 16.1. The SMILES string of the molecule is Cc1ccc(SCC(=O)Nc2cccc([N+](=O)[O-])c2)c(C)c1. The van der Waals surface area contributed by atoms with Crippen molar-refractivity contribution in [3.8, 4) is 0 Å². The Hall–Kier alpha value is -2.34. The molecule has 0 aromatic heterocycles. The van der Waals surface area contributed by atoms with Crippen LogP contribution in [0, 0.1) is 24.0 Å². The first-order valence-corrected chi connectivity index (χ1v) is 7.68. The summed E-state index contributed by atoms with van der Waals surface area (Å²) >= 11 is 1.45. The molecule has 0 saturated carbocycles. The normalized spacial score (nSPS) is 10.3. The molecule has 1 amide bonds. The standard InChI is InChI=1S/C16H16N2O3S/c1-11-6-7-15(12(2)8-11)22-10-16(19)17-13-4-3-5-14(9-13)18(20)21/h3-9H,10H2,1-2H3,(H,17,19). The van der Waals surface area contributed by atoms with E-state index in [4.69, 9.17) is 0 Å². The molecular weight excluding hydrogens is 300 g/mol. The van der Waals surface area contributed by atoms with Gasteiger partial charge in [-0.3, -0.25) is 14.9 Å². The summed E-state index contributed by atoms with van der Waals surface area (Å²) in [7, 11) is 0. The fourth-order valence-corrected chi connectivity index (χ4v) is 2.81. The van der Waals surface area contributed by atoms with Crippen LogP contribution in [0.3, 0.4) is 0 Å². The number of carbonyl (C=O) groups excluding carboxylic acids is 1. The molecule has 1 N–H and O–H groups in total. The van der Waals surface area contributed by atoms with E-state index in [1.54, 1.807) is 12.1 Å². The minimum atomic E-state index is -0.486. The third-order valence-corrected chi connectivity index (χ3v) is 4.21. The monoisotopic (exact) mass is 316 g/mol. The van der Waals surface area contributed by atoms with Gasteiger partial charge in [-0.2, -0.15) is 0 Å². The maximum absolute atomic E-state index is 11.9. The average molecular weight is 316 g/mol. The molecule has 0 radical (unpaired) electrons. The second kappa shape index (κ2) is 7.09. The summed E-state index contributed by atoms with van der Waals surface area (Å²) in [6.45, 7) is 4.03. The number of nitrogens with zero attached hydrogens (tertiary/aromatic N) is 1. The Labute approximate surface area is 132 Å². The Bertz CT molecular complexity index is 716. The topological polar surface area (TPSA) is 72.2 Å². The molecule has 22 heavy (non-hydrogen) atoms. The highest BCUT2D eigenvalue weighted by atomic mass is 32.2. The molecule has 0 aliphatic rings. The Morgan fingerprint density at radius 1 is 1.23 bits per heavy atom. The molecular formula is C16H16N2O3S. The number of hydrogen-bond acceptors (Lipinski definition) is 4. The molecule has 0 aliphatic heterocycles. The number of non-ortho nitro benzene ring substituents is 1. The highest BCUT2D eigenvalue weighted by Gasteiger charge is 2.09. The van der Waals surface area contributed by atoms with Crippen LogP contribution in [0.25, 0.3) is 0 Å². The number of benzene rings is 2. The number of hydrogen-bond donors (Lipinski definition) is 1. The van der Waals surface area contributed by atoms with Gasteiger partial charge in [-0.05, 0) is 31.5 Å². The van der Waals surface area contributed by atoms with E-state index in [0.717, 1.165) is 10.5 Å². The van der Waals surface area contributed by atoms with Crippen LogP contribution in [0.2, 0.25) is 0 Å². The summed E-state index contributed by atoms with van der Waals surface area (Å²) < 4.78 is 0. The fourth-order valence-electron chi connectivity index (χ4n) is 2.00. The minimum Gasteiger partial charge on any atom is -0.325 e. The first-order chi connectivity index (χ1) is 10.5. The van der Waals surface area contributed by atoms with Gasteiger partial charge in [0, 0.05) is 22.7 Å². The number of nitrogens with one attached hydrogen (secondary N) is 1. The van der Waals surface area contributed by atoms with Gasteiger partial charge in [0.2, 0.25) is 5.91 Å². The Morgan fingerprint density at radius 2 is 2.00 bits per heavy atom. The third kappa shape index (κ3) is 4.33. The molecule has 2 rings (SSSR count). The number of nitro benzene ring substituents is 1. The first-order valence-electron chi connectivity index (χ1n) is 6.70. The molecule has 5 nitrogen and oxygen atoms in total. The summed E-state index contributed by atoms with van der Waals surface area (Å²) in [4.78, 5) is 23.2. The third-order valence-electron chi connectivity index (χ3n) is 3.03. The molecule has 6 heteroatoms. The zero-order valence-corrected chi connectivity index (χ0v) is 13.1. The van der Waals surface area contributed by atoms with Gasteiger partial charge in [0.15, 0.2) is 0 Å². The van der Waals surface area contributed by atoms with Crippen LogP contribution < -0.4 is 5.32 Å². The van der Waals surface area contributed by atoms with Crippen molar-refractivity contribution in [1.29, 1.82) is 0 Å². The number of carbonyl (C=O) groups is 1. The molecule has 0 bridgehead atoms. The number of thioether (sulfide) groups is 1. The van der Waals surface area contributed by atoms with Crippen LogP contribution in [-0.2, 0) is 4.79 Å². The van der Waals surface area contributed by atoms with E-state index in [0.29, 0.717) is 5.69 Å². The molecule has 0 unspecified atom stereocenters. The summed E-state index contributed by atoms with van der Waals surface area (Å²) in [5.41, 5.74) is 2.70. The Morgan fingerprint density at radius 3 is 2.68 bits per heavy atom. The van der Waals surface area contributed by atoms with Crippen molar-refractivity contribution in [3.05, 3.63) is 63.7 Å². The lowest BCUT2D eigenvalue weighted by molar-refractivity contribution is -0.384. The van der Waals surface area contributed by atoms with Crippen LogP contribution in [-0.4, -0.2) is 16.6 Å². The van der Waals surface area contributed by atoms with Crippen molar-refractivity contribution >= 4 is 29.0 Å².